The van der Waals surface area contributed by atoms with Gasteiger partial charge in [-0.25, -0.2) is 0 Å². The molecule has 1 saturated heterocycles. The summed E-state index contributed by atoms with van der Waals surface area (Å²) in [6.45, 7) is 6.05. The van der Waals surface area contributed by atoms with Gasteiger partial charge in [0, 0.05) is 25.2 Å². The molecule has 0 radical (unpaired) electrons. The molecule has 1 aromatic heterocycles. The first-order valence-corrected chi connectivity index (χ1v) is 9.60. The van der Waals surface area contributed by atoms with Gasteiger partial charge in [-0.1, -0.05) is 38.0 Å². The van der Waals surface area contributed by atoms with Crippen molar-refractivity contribution in [1.29, 1.82) is 0 Å². The number of nitrogens with zero attached hydrogens (tertiary/aromatic N) is 1. The zero-order valence-corrected chi connectivity index (χ0v) is 15.2. The van der Waals surface area contributed by atoms with Gasteiger partial charge in [0.05, 0.1) is 11.6 Å². The Hall–Kier alpha value is -1.68. The maximum Gasteiger partial charge on any atom is 0.311 e. The number of hydrogen-bond donors (Lipinski definition) is 1. The Morgan fingerprint density at radius 2 is 2.28 bits per heavy atom. The lowest BCUT2D eigenvalue weighted by Gasteiger charge is -2.46. The minimum atomic E-state index is -0.0695. The van der Waals surface area contributed by atoms with Gasteiger partial charge in [-0.2, -0.15) is 0 Å². The summed E-state index contributed by atoms with van der Waals surface area (Å²) in [7, 11) is 0. The standard InChI is InChI=1S/C21H28N2O2/c1-14-6-5-8-21(2)11-19-16(10-18(14)21)17(20(24)25-19)13-22-12-15-7-3-4-9-23-15/h3-4,7,9-10,14,16-17,19,22H,5-6,8,11-13H2,1-2H3/t14-,16+,17-,19-,21+/m1/s1. The average molecular weight is 340 g/mol. The van der Waals surface area contributed by atoms with Gasteiger partial charge in [-0.05, 0) is 42.7 Å². The van der Waals surface area contributed by atoms with Gasteiger partial charge >= 0.3 is 5.97 Å². The van der Waals surface area contributed by atoms with E-state index in [9.17, 15) is 4.79 Å². The third-order valence-corrected chi connectivity index (χ3v) is 6.48. The van der Waals surface area contributed by atoms with Crippen LogP contribution in [0.15, 0.2) is 36.0 Å². The highest BCUT2D eigenvalue weighted by Crippen LogP contribution is 2.53. The number of allylic oxidation sites excluding steroid dienone is 1. The largest absolute Gasteiger partial charge is 0.461 e. The molecule has 0 bridgehead atoms. The Kier molecular flexibility index (Phi) is 4.40. The number of hydrogen-bond acceptors (Lipinski definition) is 4. The molecule has 4 heteroatoms. The predicted molar refractivity (Wildman–Crippen MR) is 96.6 cm³/mol. The number of esters is 1. The highest BCUT2D eigenvalue weighted by molar-refractivity contribution is 5.76. The molecule has 0 amide bonds. The molecule has 2 heterocycles. The zero-order chi connectivity index (χ0) is 17.4. The Bertz CT molecular complexity index is 672. The van der Waals surface area contributed by atoms with E-state index in [4.69, 9.17) is 4.74 Å². The van der Waals surface area contributed by atoms with Crippen LogP contribution in [0.3, 0.4) is 0 Å². The van der Waals surface area contributed by atoms with Crippen LogP contribution < -0.4 is 5.32 Å². The second-order valence-electron chi connectivity index (χ2n) is 8.29. The molecule has 1 N–H and O–H groups in total. The number of nitrogens with one attached hydrogen (secondary N) is 1. The molecule has 0 aromatic carbocycles. The van der Waals surface area contributed by atoms with Crippen LogP contribution in [0.2, 0.25) is 0 Å². The van der Waals surface area contributed by atoms with Crippen molar-refractivity contribution in [2.45, 2.75) is 52.2 Å². The molecule has 3 aliphatic rings. The molecule has 4 rings (SSSR count). The van der Waals surface area contributed by atoms with Crippen molar-refractivity contribution in [3.63, 3.8) is 0 Å². The lowest BCUT2D eigenvalue weighted by molar-refractivity contribution is -0.145. The third-order valence-electron chi connectivity index (χ3n) is 6.48. The maximum absolute atomic E-state index is 12.5. The van der Waals surface area contributed by atoms with Gasteiger partial charge in [0.1, 0.15) is 6.10 Å². The van der Waals surface area contributed by atoms with Gasteiger partial charge in [-0.15, -0.1) is 0 Å². The molecule has 4 nitrogen and oxygen atoms in total. The fourth-order valence-corrected chi connectivity index (χ4v) is 5.14. The van der Waals surface area contributed by atoms with E-state index in [1.54, 1.807) is 11.8 Å². The third kappa shape index (κ3) is 3.12. The molecule has 2 fully saturated rings. The summed E-state index contributed by atoms with van der Waals surface area (Å²) in [6, 6.07) is 5.90. The smallest absolute Gasteiger partial charge is 0.311 e. The van der Waals surface area contributed by atoms with Crippen LogP contribution in [-0.2, 0) is 16.1 Å². The Balaban J connectivity index is 1.47. The summed E-state index contributed by atoms with van der Waals surface area (Å²) in [5.74, 6) is 0.764. The van der Waals surface area contributed by atoms with Gasteiger partial charge in [0.15, 0.2) is 0 Å². The lowest BCUT2D eigenvalue weighted by Crippen LogP contribution is -2.40. The van der Waals surface area contributed by atoms with E-state index >= 15 is 0 Å². The maximum atomic E-state index is 12.5. The summed E-state index contributed by atoms with van der Waals surface area (Å²) in [6.07, 6.45) is 9.06. The number of rotatable bonds is 4. The van der Waals surface area contributed by atoms with Crippen LogP contribution >= 0.6 is 0 Å². The quantitative estimate of drug-likeness (QED) is 0.673. The fraction of sp³-hybridized carbons (Fsp3) is 0.619. The highest BCUT2D eigenvalue weighted by Gasteiger charge is 2.51. The number of carbonyl (C=O) groups excluding carboxylic acids is 1. The summed E-state index contributed by atoms with van der Waals surface area (Å²) in [5.41, 5.74) is 2.81. The molecule has 134 valence electrons. The molecule has 1 saturated carbocycles. The van der Waals surface area contributed by atoms with Gasteiger partial charge in [0.25, 0.3) is 0 Å². The van der Waals surface area contributed by atoms with Gasteiger partial charge in [0.2, 0.25) is 0 Å². The minimum absolute atomic E-state index is 0.0322. The van der Waals surface area contributed by atoms with Crippen molar-refractivity contribution in [1.82, 2.24) is 10.3 Å². The van der Waals surface area contributed by atoms with E-state index in [1.165, 1.54) is 19.3 Å². The first-order chi connectivity index (χ1) is 12.1. The normalized spacial score (nSPS) is 37.0. The number of pyridine rings is 1. The average Bonchev–Trinajstić information content (AvgIpc) is 2.88. The van der Waals surface area contributed by atoms with Crippen LogP contribution in [-0.4, -0.2) is 23.6 Å². The topological polar surface area (TPSA) is 51.2 Å². The first-order valence-electron chi connectivity index (χ1n) is 9.60. The predicted octanol–water partition coefficient (Wildman–Crippen LogP) is 3.49. The molecular weight excluding hydrogens is 312 g/mol. The van der Waals surface area contributed by atoms with Crippen molar-refractivity contribution in [2.75, 3.05) is 6.54 Å². The van der Waals surface area contributed by atoms with E-state index in [-0.39, 0.29) is 29.3 Å². The van der Waals surface area contributed by atoms with Crippen LogP contribution in [0, 0.1) is 23.2 Å². The van der Waals surface area contributed by atoms with Crippen molar-refractivity contribution < 1.29 is 9.53 Å². The minimum Gasteiger partial charge on any atom is -0.461 e. The number of fused-ring (bicyclic) bond motifs is 2. The van der Waals surface area contributed by atoms with Gasteiger partial charge < -0.3 is 10.1 Å². The van der Waals surface area contributed by atoms with Crippen LogP contribution in [0.1, 0.15) is 45.2 Å². The molecule has 2 aliphatic carbocycles. The van der Waals surface area contributed by atoms with E-state index in [1.807, 2.05) is 18.2 Å². The second-order valence-corrected chi connectivity index (χ2v) is 8.29. The summed E-state index contributed by atoms with van der Waals surface area (Å²) < 4.78 is 5.79. The van der Waals surface area contributed by atoms with E-state index in [2.05, 4.69) is 30.2 Å². The van der Waals surface area contributed by atoms with E-state index in [0.717, 1.165) is 12.1 Å². The monoisotopic (exact) mass is 340 g/mol. The van der Waals surface area contributed by atoms with Crippen molar-refractivity contribution in [3.05, 3.63) is 41.7 Å². The van der Waals surface area contributed by atoms with Crippen LogP contribution in [0.4, 0.5) is 0 Å². The molecule has 1 aromatic rings. The Morgan fingerprint density at radius 1 is 1.40 bits per heavy atom. The van der Waals surface area contributed by atoms with Gasteiger partial charge in [-0.3, -0.25) is 9.78 Å². The summed E-state index contributed by atoms with van der Waals surface area (Å²) in [4.78, 5) is 16.8. The molecule has 0 spiro atoms. The van der Waals surface area contributed by atoms with Crippen LogP contribution in [0.25, 0.3) is 0 Å². The van der Waals surface area contributed by atoms with E-state index in [0.29, 0.717) is 19.0 Å². The van der Waals surface area contributed by atoms with Crippen LogP contribution in [0.5, 0.6) is 0 Å². The SMILES string of the molecule is C[C@@H]1CCC[C@@]2(C)C[C@H]3OC(=O)[C@H](CNCc4ccccn4)[C@@H]3C=C12. The Morgan fingerprint density at radius 3 is 3.08 bits per heavy atom. The Labute approximate surface area is 150 Å². The molecular formula is C21H28N2O2. The second kappa shape index (κ2) is 6.56. The lowest BCUT2D eigenvalue weighted by atomic mass is 9.59. The number of carbonyl (C=O) groups is 1. The molecule has 5 atom stereocenters. The number of aromatic nitrogens is 1. The first kappa shape index (κ1) is 16.8. The van der Waals surface area contributed by atoms with Crippen molar-refractivity contribution >= 4 is 5.97 Å². The highest BCUT2D eigenvalue weighted by atomic mass is 16.6. The summed E-state index contributed by atoms with van der Waals surface area (Å²) >= 11 is 0. The molecule has 0 unspecified atom stereocenters. The number of ether oxygens (including phenoxy) is 1. The molecule has 25 heavy (non-hydrogen) atoms. The van der Waals surface area contributed by atoms with Crippen molar-refractivity contribution in [3.8, 4) is 0 Å². The zero-order valence-electron chi connectivity index (χ0n) is 15.2. The fourth-order valence-electron chi connectivity index (χ4n) is 5.14. The molecule has 1 aliphatic heterocycles. The van der Waals surface area contributed by atoms with Crippen molar-refractivity contribution in [2.24, 2.45) is 23.2 Å². The van der Waals surface area contributed by atoms with E-state index < -0.39 is 0 Å². The summed E-state index contributed by atoms with van der Waals surface area (Å²) in [5, 5.41) is 3.41.